The van der Waals surface area contributed by atoms with Crippen LogP contribution in [-0.2, 0) is 4.74 Å². The smallest absolute Gasteiger partial charge is 0.322 e. The Bertz CT molecular complexity index is 410. The van der Waals surface area contributed by atoms with Crippen LogP contribution < -0.4 is 5.32 Å². The molecule has 0 aromatic heterocycles. The first kappa shape index (κ1) is 12.8. The van der Waals surface area contributed by atoms with Gasteiger partial charge in [0.25, 0.3) is 0 Å². The highest BCUT2D eigenvalue weighted by Gasteiger charge is 2.26. The van der Waals surface area contributed by atoms with Gasteiger partial charge in [-0.05, 0) is 24.3 Å². The maximum absolute atomic E-state index is 12.7. The highest BCUT2D eigenvalue weighted by atomic mass is 19.1. The Morgan fingerprint density at radius 3 is 2.89 bits per heavy atom. The quantitative estimate of drug-likeness (QED) is 0.829. The van der Waals surface area contributed by atoms with Gasteiger partial charge in [-0.15, -0.1) is 0 Å². The molecule has 6 heteroatoms. The lowest BCUT2D eigenvalue weighted by Gasteiger charge is -2.34. The molecule has 0 aliphatic carbocycles. The number of hydrogen-bond donors (Lipinski definition) is 2. The van der Waals surface area contributed by atoms with E-state index < -0.39 is 0 Å². The van der Waals surface area contributed by atoms with Crippen molar-refractivity contribution in [1.29, 1.82) is 0 Å². The molecule has 2 amide bonds. The first-order valence-corrected chi connectivity index (χ1v) is 5.72. The Hall–Kier alpha value is -1.66. The fourth-order valence-corrected chi connectivity index (χ4v) is 1.80. The Balaban J connectivity index is 2.00. The number of aliphatic hydroxyl groups excluding tert-OH is 1. The van der Waals surface area contributed by atoms with Crippen LogP contribution in [0, 0.1) is 5.82 Å². The number of anilines is 1. The van der Waals surface area contributed by atoms with E-state index in [0.717, 1.165) is 0 Å². The number of nitrogens with one attached hydrogen (secondary N) is 1. The van der Waals surface area contributed by atoms with Gasteiger partial charge >= 0.3 is 6.03 Å². The van der Waals surface area contributed by atoms with Gasteiger partial charge in [0.2, 0.25) is 0 Å². The number of morpholine rings is 1. The van der Waals surface area contributed by atoms with Crippen LogP contribution in [0.1, 0.15) is 0 Å². The van der Waals surface area contributed by atoms with Crippen LogP contribution >= 0.6 is 0 Å². The fourth-order valence-electron chi connectivity index (χ4n) is 1.80. The van der Waals surface area contributed by atoms with Crippen LogP contribution in [0.3, 0.4) is 0 Å². The van der Waals surface area contributed by atoms with Gasteiger partial charge in [-0.2, -0.15) is 0 Å². The molecule has 0 spiro atoms. The number of nitrogens with zero attached hydrogens (tertiary/aromatic N) is 1. The molecule has 5 nitrogen and oxygen atoms in total. The molecule has 1 heterocycles. The Morgan fingerprint density at radius 2 is 2.22 bits per heavy atom. The molecule has 1 unspecified atom stereocenters. The summed E-state index contributed by atoms with van der Waals surface area (Å²) in [4.78, 5) is 13.5. The van der Waals surface area contributed by atoms with Gasteiger partial charge < -0.3 is 20.1 Å². The zero-order chi connectivity index (χ0) is 13.0. The molecule has 2 rings (SSSR count). The lowest BCUT2D eigenvalue weighted by Crippen LogP contribution is -2.52. The molecule has 1 aromatic rings. The normalized spacial score (nSPS) is 19.7. The number of carbonyl (C=O) groups is 1. The van der Waals surface area contributed by atoms with Crippen molar-refractivity contribution in [2.45, 2.75) is 6.04 Å². The molecule has 2 N–H and O–H groups in total. The van der Waals surface area contributed by atoms with E-state index in [1.807, 2.05) is 0 Å². The Kier molecular flexibility index (Phi) is 4.11. The van der Waals surface area contributed by atoms with E-state index in [4.69, 9.17) is 9.84 Å². The second-order valence-electron chi connectivity index (χ2n) is 4.04. The monoisotopic (exact) mass is 254 g/mol. The minimum absolute atomic E-state index is 0.142. The van der Waals surface area contributed by atoms with Gasteiger partial charge in [-0.3, -0.25) is 0 Å². The Labute approximate surface area is 104 Å². The third-order valence-electron chi connectivity index (χ3n) is 2.79. The number of halogens is 1. The summed E-state index contributed by atoms with van der Waals surface area (Å²) in [6, 6.07) is 4.88. The lowest BCUT2D eigenvalue weighted by molar-refractivity contribution is -0.00485. The highest BCUT2D eigenvalue weighted by Crippen LogP contribution is 2.12. The first-order chi connectivity index (χ1) is 8.70. The molecule has 0 radical (unpaired) electrons. The minimum atomic E-state index is -0.354. The summed E-state index contributed by atoms with van der Waals surface area (Å²) in [5.74, 6) is -0.354. The second-order valence-corrected chi connectivity index (χ2v) is 4.04. The topological polar surface area (TPSA) is 61.8 Å². The number of ether oxygens (including phenoxy) is 1. The van der Waals surface area contributed by atoms with E-state index in [-0.39, 0.29) is 24.5 Å². The third kappa shape index (κ3) is 2.96. The third-order valence-corrected chi connectivity index (χ3v) is 2.79. The SMILES string of the molecule is O=C(Nc1ccc(F)cc1)N1CCOCC1CO. The molecule has 1 atom stereocenters. The second kappa shape index (κ2) is 5.79. The van der Waals surface area contributed by atoms with E-state index in [1.165, 1.54) is 29.2 Å². The summed E-state index contributed by atoms with van der Waals surface area (Å²) < 4.78 is 17.9. The molecule has 0 saturated carbocycles. The Morgan fingerprint density at radius 1 is 1.50 bits per heavy atom. The van der Waals surface area contributed by atoms with E-state index in [0.29, 0.717) is 25.4 Å². The number of carbonyl (C=O) groups excluding carboxylic acids is 1. The number of urea groups is 1. The number of amides is 2. The first-order valence-electron chi connectivity index (χ1n) is 5.72. The molecule has 18 heavy (non-hydrogen) atoms. The highest BCUT2D eigenvalue weighted by molar-refractivity contribution is 5.89. The van der Waals surface area contributed by atoms with Gasteiger partial charge in [0, 0.05) is 12.2 Å². The van der Waals surface area contributed by atoms with Crippen molar-refractivity contribution in [3.63, 3.8) is 0 Å². The molecular formula is C12H15FN2O3. The molecule has 1 fully saturated rings. The van der Waals surface area contributed by atoms with Crippen LogP contribution in [0.4, 0.5) is 14.9 Å². The standard InChI is InChI=1S/C12H15FN2O3/c13-9-1-3-10(4-2-9)14-12(17)15-5-6-18-8-11(15)7-16/h1-4,11,16H,5-8H2,(H,14,17). The lowest BCUT2D eigenvalue weighted by atomic mass is 10.2. The minimum Gasteiger partial charge on any atom is -0.394 e. The number of aliphatic hydroxyl groups is 1. The van der Waals surface area contributed by atoms with E-state index in [9.17, 15) is 9.18 Å². The summed E-state index contributed by atoms with van der Waals surface area (Å²) in [5, 5.41) is 11.8. The van der Waals surface area contributed by atoms with Crippen molar-refractivity contribution >= 4 is 11.7 Å². The summed E-state index contributed by atoms with van der Waals surface area (Å²) in [6.07, 6.45) is 0. The maximum atomic E-state index is 12.7. The van der Waals surface area contributed by atoms with E-state index >= 15 is 0 Å². The average Bonchev–Trinajstić information content (AvgIpc) is 2.41. The molecule has 98 valence electrons. The van der Waals surface area contributed by atoms with Crippen LogP contribution in [-0.4, -0.2) is 48.4 Å². The molecule has 1 aliphatic heterocycles. The largest absolute Gasteiger partial charge is 0.394 e. The van der Waals surface area contributed by atoms with Gasteiger partial charge in [-0.25, -0.2) is 9.18 Å². The maximum Gasteiger partial charge on any atom is 0.322 e. The van der Waals surface area contributed by atoms with Gasteiger partial charge in [-0.1, -0.05) is 0 Å². The van der Waals surface area contributed by atoms with Crippen LogP contribution in [0.5, 0.6) is 0 Å². The van der Waals surface area contributed by atoms with Crippen molar-refractivity contribution in [3.05, 3.63) is 30.1 Å². The molecular weight excluding hydrogens is 239 g/mol. The van der Waals surface area contributed by atoms with Crippen molar-refractivity contribution in [3.8, 4) is 0 Å². The van der Waals surface area contributed by atoms with Crippen molar-refractivity contribution in [2.75, 3.05) is 31.7 Å². The van der Waals surface area contributed by atoms with Crippen molar-refractivity contribution < 1.29 is 19.0 Å². The fraction of sp³-hybridized carbons (Fsp3) is 0.417. The summed E-state index contributed by atoms with van der Waals surface area (Å²) in [6.45, 7) is 1.07. The van der Waals surface area contributed by atoms with Gasteiger partial charge in [0.15, 0.2) is 0 Å². The number of rotatable bonds is 2. The molecule has 0 bridgehead atoms. The summed E-state index contributed by atoms with van der Waals surface area (Å²) in [7, 11) is 0. The average molecular weight is 254 g/mol. The number of hydrogen-bond acceptors (Lipinski definition) is 3. The predicted octanol–water partition coefficient (Wildman–Crippen LogP) is 1.05. The molecule has 1 aromatic carbocycles. The van der Waals surface area contributed by atoms with Crippen LogP contribution in [0.25, 0.3) is 0 Å². The number of benzene rings is 1. The van der Waals surface area contributed by atoms with Gasteiger partial charge in [0.1, 0.15) is 5.82 Å². The van der Waals surface area contributed by atoms with Crippen LogP contribution in [0.2, 0.25) is 0 Å². The van der Waals surface area contributed by atoms with Gasteiger partial charge in [0.05, 0.1) is 25.9 Å². The molecule has 1 saturated heterocycles. The summed E-state index contributed by atoms with van der Waals surface area (Å²) >= 11 is 0. The summed E-state index contributed by atoms with van der Waals surface area (Å²) in [5.41, 5.74) is 0.518. The van der Waals surface area contributed by atoms with Crippen LogP contribution in [0.15, 0.2) is 24.3 Å². The van der Waals surface area contributed by atoms with Crippen molar-refractivity contribution in [2.24, 2.45) is 0 Å². The predicted molar refractivity (Wildman–Crippen MR) is 63.8 cm³/mol. The van der Waals surface area contributed by atoms with E-state index in [1.54, 1.807) is 0 Å². The van der Waals surface area contributed by atoms with Crippen molar-refractivity contribution in [1.82, 2.24) is 4.90 Å². The van der Waals surface area contributed by atoms with E-state index in [2.05, 4.69) is 5.32 Å². The zero-order valence-corrected chi connectivity index (χ0v) is 9.80. The molecule has 1 aliphatic rings. The zero-order valence-electron chi connectivity index (χ0n) is 9.80.